The first-order valence-electron chi connectivity index (χ1n) is 27.9. The number of hydrogen-bond acceptors (Lipinski definition) is 8. The van der Waals surface area contributed by atoms with Crippen molar-refractivity contribution in [3.63, 3.8) is 0 Å². The molecule has 0 aliphatic rings. The van der Waals surface area contributed by atoms with E-state index in [1.165, 1.54) is 77.0 Å². The molecule has 70 heavy (non-hydrogen) atoms. The van der Waals surface area contributed by atoms with Crippen LogP contribution in [0.15, 0.2) is 109 Å². The van der Waals surface area contributed by atoms with Crippen LogP contribution in [0, 0.1) is 0 Å². The number of ether oxygens (including phenoxy) is 2. The molecule has 10 heteroatoms. The van der Waals surface area contributed by atoms with Gasteiger partial charge in [-0.2, -0.15) is 0 Å². The molecular weight excluding hydrogens is 894 g/mol. The summed E-state index contributed by atoms with van der Waals surface area (Å²) in [6.45, 7) is 3.56. The molecule has 0 amide bonds. The Morgan fingerprint density at radius 2 is 0.786 bits per heavy atom. The van der Waals surface area contributed by atoms with E-state index in [1.54, 1.807) is 0 Å². The third kappa shape index (κ3) is 54.0. The number of phosphoric acid groups is 1. The molecule has 0 aromatic rings. The average molecular weight is 996 g/mol. The molecule has 0 fully saturated rings. The largest absolute Gasteiger partial charge is 0.472 e. The lowest BCUT2D eigenvalue weighted by Gasteiger charge is -2.19. The van der Waals surface area contributed by atoms with Crippen LogP contribution in [0.5, 0.6) is 0 Å². The number of carbonyl (C=O) groups excluding carboxylic acids is 2. The molecule has 400 valence electrons. The van der Waals surface area contributed by atoms with Gasteiger partial charge in [0, 0.05) is 19.4 Å². The molecule has 2 atom stereocenters. The highest BCUT2D eigenvalue weighted by molar-refractivity contribution is 7.47. The minimum Gasteiger partial charge on any atom is -0.462 e. The number of hydrogen-bond donors (Lipinski definition) is 2. The second kappa shape index (κ2) is 55.0. The van der Waals surface area contributed by atoms with E-state index in [2.05, 4.69) is 123 Å². The van der Waals surface area contributed by atoms with Gasteiger partial charge in [-0.15, -0.1) is 0 Å². The summed E-state index contributed by atoms with van der Waals surface area (Å²) < 4.78 is 32.9. The molecule has 0 saturated carbocycles. The highest BCUT2D eigenvalue weighted by Gasteiger charge is 2.26. The van der Waals surface area contributed by atoms with Crippen molar-refractivity contribution in [2.75, 3.05) is 26.4 Å². The van der Waals surface area contributed by atoms with Crippen LogP contribution in [0.25, 0.3) is 0 Å². The van der Waals surface area contributed by atoms with Crippen molar-refractivity contribution >= 4 is 19.8 Å². The van der Waals surface area contributed by atoms with E-state index in [4.69, 9.17) is 24.3 Å². The summed E-state index contributed by atoms with van der Waals surface area (Å²) in [5.41, 5.74) is 5.37. The normalized spacial score (nSPS) is 13.9. The smallest absolute Gasteiger partial charge is 0.462 e. The fourth-order valence-corrected chi connectivity index (χ4v) is 8.04. The van der Waals surface area contributed by atoms with E-state index >= 15 is 0 Å². The molecule has 0 heterocycles. The van der Waals surface area contributed by atoms with Gasteiger partial charge in [0.15, 0.2) is 6.10 Å². The maximum atomic E-state index is 12.7. The van der Waals surface area contributed by atoms with Crippen LogP contribution in [0.3, 0.4) is 0 Å². The molecule has 0 bridgehead atoms. The summed E-state index contributed by atoms with van der Waals surface area (Å²) in [6, 6.07) is 0. The first kappa shape index (κ1) is 66.7. The minimum absolute atomic E-state index is 0.0469. The molecule has 0 aromatic carbocycles. The van der Waals surface area contributed by atoms with E-state index < -0.39 is 32.5 Å². The summed E-state index contributed by atoms with van der Waals surface area (Å²) in [6.07, 6.45) is 74.3. The van der Waals surface area contributed by atoms with Gasteiger partial charge >= 0.3 is 19.8 Å². The fraction of sp³-hybridized carbons (Fsp3) is 0.667. The van der Waals surface area contributed by atoms with Crippen LogP contribution < -0.4 is 5.73 Å². The molecule has 0 aromatic heterocycles. The first-order valence-corrected chi connectivity index (χ1v) is 29.4. The van der Waals surface area contributed by atoms with Crippen molar-refractivity contribution < 1.29 is 37.6 Å². The third-order valence-corrected chi connectivity index (χ3v) is 12.4. The number of phosphoric ester groups is 1. The number of carbonyl (C=O) groups is 2. The highest BCUT2D eigenvalue weighted by Crippen LogP contribution is 2.43. The summed E-state index contributed by atoms with van der Waals surface area (Å²) in [4.78, 5) is 35.1. The van der Waals surface area contributed by atoms with Gasteiger partial charge in [0.05, 0.1) is 13.2 Å². The quantitative estimate of drug-likeness (QED) is 0.0264. The van der Waals surface area contributed by atoms with Gasteiger partial charge in [-0.3, -0.25) is 18.6 Å². The third-order valence-electron chi connectivity index (χ3n) is 11.4. The Bertz CT molecular complexity index is 1510. The van der Waals surface area contributed by atoms with Gasteiger partial charge in [-0.25, -0.2) is 4.57 Å². The SMILES string of the molecule is CC/C=C\C/C=C\C/C=C\C/C=C\C/C=C\C/C=C\C/C=C\CCCCCCCCCCCCCCCC(=O)OC(COC(=O)CCCCCCC/C=C\C/C=C\CCCC)COP(=O)(O)OCCN. The molecule has 3 N–H and O–H groups in total. The molecule has 0 rings (SSSR count). The molecule has 2 unspecified atom stereocenters. The Labute approximate surface area is 429 Å². The van der Waals surface area contributed by atoms with E-state index in [-0.39, 0.29) is 32.6 Å². The van der Waals surface area contributed by atoms with Crippen molar-refractivity contribution in [1.29, 1.82) is 0 Å². The number of nitrogens with two attached hydrogens (primary N) is 1. The molecule has 0 spiro atoms. The number of rotatable bonds is 51. The monoisotopic (exact) mass is 996 g/mol. The molecular formula is C60H102NO8P. The molecule has 0 aliphatic heterocycles. The lowest BCUT2D eigenvalue weighted by molar-refractivity contribution is -0.161. The van der Waals surface area contributed by atoms with Crippen molar-refractivity contribution in [3.05, 3.63) is 109 Å². The van der Waals surface area contributed by atoms with E-state index in [9.17, 15) is 19.0 Å². The fourth-order valence-electron chi connectivity index (χ4n) is 7.28. The van der Waals surface area contributed by atoms with E-state index in [0.29, 0.717) is 12.8 Å². The Hall–Kier alpha value is -3.33. The van der Waals surface area contributed by atoms with Crippen molar-refractivity contribution in [3.8, 4) is 0 Å². The van der Waals surface area contributed by atoms with Crippen LogP contribution in [0.4, 0.5) is 0 Å². The van der Waals surface area contributed by atoms with Crippen molar-refractivity contribution in [2.24, 2.45) is 5.73 Å². The zero-order valence-corrected chi connectivity index (χ0v) is 45.4. The highest BCUT2D eigenvalue weighted by atomic mass is 31.2. The zero-order chi connectivity index (χ0) is 51.0. The first-order chi connectivity index (χ1) is 34.3. The minimum atomic E-state index is -4.39. The standard InChI is InChI=1S/C60H102NO8P/c1-3-5-7-9-11-13-15-17-19-20-21-22-23-24-25-26-27-28-29-30-31-32-33-34-35-36-37-38-39-41-43-45-47-49-51-53-60(63)69-58(57-68-70(64,65)67-55-54-61)56-66-59(62)52-50-48-46-44-42-40-18-16-14-12-10-8-6-4-2/h5,7,10-13,16-19,21-22,24-25,27-28,30-31,58H,3-4,6,8-9,14-15,20,23,26,29,32-57,61H2,1-2H3,(H,64,65)/b7-5-,12-10-,13-11-,18-16-,19-17-,22-21-,25-24-,28-27-,31-30-. The van der Waals surface area contributed by atoms with Gasteiger partial charge in [-0.1, -0.05) is 226 Å². The summed E-state index contributed by atoms with van der Waals surface area (Å²) in [5.74, 6) is -0.850. The van der Waals surface area contributed by atoms with Crippen molar-refractivity contribution in [1.82, 2.24) is 0 Å². The van der Waals surface area contributed by atoms with Crippen molar-refractivity contribution in [2.45, 2.75) is 232 Å². The predicted octanol–water partition coefficient (Wildman–Crippen LogP) is 17.5. The molecule has 0 radical (unpaired) electrons. The number of allylic oxidation sites excluding steroid dienone is 18. The topological polar surface area (TPSA) is 134 Å². The molecule has 9 nitrogen and oxygen atoms in total. The van der Waals surface area contributed by atoms with Gasteiger partial charge in [0.25, 0.3) is 0 Å². The van der Waals surface area contributed by atoms with E-state index in [0.717, 1.165) is 109 Å². The van der Waals surface area contributed by atoms with Gasteiger partial charge in [0.2, 0.25) is 0 Å². The molecule has 0 aliphatic carbocycles. The average Bonchev–Trinajstić information content (AvgIpc) is 3.35. The maximum Gasteiger partial charge on any atom is 0.472 e. The van der Waals surface area contributed by atoms with Gasteiger partial charge in [-0.05, 0) is 96.3 Å². The van der Waals surface area contributed by atoms with Gasteiger partial charge in [0.1, 0.15) is 6.61 Å². The Balaban J connectivity index is 3.95. The lowest BCUT2D eigenvalue weighted by atomic mass is 10.0. The van der Waals surface area contributed by atoms with Crippen LogP contribution >= 0.6 is 7.82 Å². The van der Waals surface area contributed by atoms with E-state index in [1.807, 2.05) is 0 Å². The number of esters is 2. The summed E-state index contributed by atoms with van der Waals surface area (Å²) >= 11 is 0. The predicted molar refractivity (Wildman–Crippen MR) is 298 cm³/mol. The van der Waals surface area contributed by atoms with Crippen LogP contribution in [-0.2, 0) is 32.7 Å². The van der Waals surface area contributed by atoms with Crippen LogP contribution in [0.2, 0.25) is 0 Å². The van der Waals surface area contributed by atoms with Crippen LogP contribution in [-0.4, -0.2) is 49.3 Å². The second-order valence-corrected chi connectivity index (χ2v) is 19.5. The molecule has 0 saturated heterocycles. The van der Waals surface area contributed by atoms with Crippen LogP contribution in [0.1, 0.15) is 226 Å². The Morgan fingerprint density at radius 3 is 1.17 bits per heavy atom. The second-order valence-electron chi connectivity index (χ2n) is 18.1. The maximum absolute atomic E-state index is 12.7. The zero-order valence-electron chi connectivity index (χ0n) is 44.5. The Morgan fingerprint density at radius 1 is 0.443 bits per heavy atom. The lowest BCUT2D eigenvalue weighted by Crippen LogP contribution is -2.29. The Kier molecular flexibility index (Phi) is 52.4. The summed E-state index contributed by atoms with van der Waals surface area (Å²) in [5, 5.41) is 0. The number of unbranched alkanes of at least 4 members (excludes halogenated alkanes) is 20. The summed E-state index contributed by atoms with van der Waals surface area (Å²) in [7, 11) is -4.39. The van der Waals surface area contributed by atoms with Gasteiger partial charge < -0.3 is 20.1 Å².